The Morgan fingerprint density at radius 3 is 2.50 bits per heavy atom. The highest BCUT2D eigenvalue weighted by Gasteiger charge is 2.19. The lowest BCUT2D eigenvalue weighted by atomic mass is 10.2. The molecule has 122 valence electrons. The quantitative estimate of drug-likeness (QED) is 0.644. The Morgan fingerprint density at radius 1 is 1.12 bits per heavy atom. The third-order valence-electron chi connectivity index (χ3n) is 3.69. The molecule has 0 saturated carbocycles. The third-order valence-corrected chi connectivity index (χ3v) is 4.89. The lowest BCUT2D eigenvalue weighted by Crippen LogP contribution is -2.11. The highest BCUT2D eigenvalue weighted by Crippen LogP contribution is 2.27. The van der Waals surface area contributed by atoms with Gasteiger partial charge >= 0.3 is 0 Å². The first-order chi connectivity index (χ1) is 11.6. The van der Waals surface area contributed by atoms with Gasteiger partial charge in [0.25, 0.3) is 0 Å². The summed E-state index contributed by atoms with van der Waals surface area (Å²) in [7, 11) is 0. The lowest BCUT2D eigenvalue weighted by Gasteiger charge is -2.12. The highest BCUT2D eigenvalue weighted by molar-refractivity contribution is 8.00. The van der Waals surface area contributed by atoms with Crippen LogP contribution in [-0.4, -0.2) is 30.8 Å². The highest BCUT2D eigenvalue weighted by atomic mass is 32.2. The molecule has 0 aliphatic rings. The number of Topliss-reactive ketones (excluding diaryl/α,β-unsaturated/α-hetero) is 1. The molecule has 1 atom stereocenters. The van der Waals surface area contributed by atoms with E-state index in [4.69, 9.17) is 0 Å². The van der Waals surface area contributed by atoms with Gasteiger partial charge in [-0.15, -0.1) is 10.2 Å². The molecule has 2 heterocycles. The second kappa shape index (κ2) is 7.40. The number of hydrogen-bond acceptors (Lipinski definition) is 5. The summed E-state index contributed by atoms with van der Waals surface area (Å²) in [6.45, 7) is 4.14. The molecule has 0 aliphatic heterocycles. The van der Waals surface area contributed by atoms with Gasteiger partial charge in [-0.1, -0.05) is 42.1 Å². The molecule has 0 bridgehead atoms. The Bertz CT molecular complexity index is 818. The van der Waals surface area contributed by atoms with Gasteiger partial charge in [0.1, 0.15) is 5.78 Å². The topological polar surface area (TPSA) is 60.7 Å². The molecule has 6 heteroatoms. The Morgan fingerprint density at radius 2 is 1.83 bits per heavy atom. The van der Waals surface area contributed by atoms with Crippen LogP contribution in [0.15, 0.2) is 60.0 Å². The Labute approximate surface area is 145 Å². The number of thioether (sulfide) groups is 1. The van der Waals surface area contributed by atoms with Gasteiger partial charge in [-0.05, 0) is 31.5 Å². The minimum Gasteiger partial charge on any atom is -0.299 e. The number of carbonyl (C=O) groups excluding carboxylic acids is 1. The van der Waals surface area contributed by atoms with Gasteiger partial charge in [-0.25, -0.2) is 0 Å². The second-order valence-corrected chi connectivity index (χ2v) is 6.79. The number of nitrogens with zero attached hydrogens (tertiary/aromatic N) is 4. The number of ketones is 1. The monoisotopic (exact) mass is 338 g/mol. The van der Waals surface area contributed by atoms with Crippen molar-refractivity contribution < 1.29 is 4.79 Å². The van der Waals surface area contributed by atoms with Crippen molar-refractivity contribution in [3.8, 4) is 11.4 Å². The number of hydrogen-bond donors (Lipinski definition) is 0. The summed E-state index contributed by atoms with van der Waals surface area (Å²) < 4.78 is 2.05. The predicted molar refractivity (Wildman–Crippen MR) is 94.8 cm³/mol. The largest absolute Gasteiger partial charge is 0.299 e. The van der Waals surface area contributed by atoms with Crippen LogP contribution >= 0.6 is 11.8 Å². The van der Waals surface area contributed by atoms with Gasteiger partial charge < -0.3 is 0 Å². The number of carbonyl (C=O) groups is 1. The summed E-state index contributed by atoms with van der Waals surface area (Å²) in [4.78, 5) is 15.7. The molecule has 2 aromatic heterocycles. The van der Waals surface area contributed by atoms with Crippen LogP contribution in [0.2, 0.25) is 0 Å². The summed E-state index contributed by atoms with van der Waals surface area (Å²) in [5, 5.41) is 9.25. The van der Waals surface area contributed by atoms with Crippen LogP contribution in [0.4, 0.5) is 0 Å². The zero-order chi connectivity index (χ0) is 16.9. The van der Waals surface area contributed by atoms with E-state index >= 15 is 0 Å². The van der Waals surface area contributed by atoms with Crippen molar-refractivity contribution in [3.63, 3.8) is 0 Å². The summed E-state index contributed by atoms with van der Waals surface area (Å²) in [5.41, 5.74) is 2.11. The average Bonchev–Trinajstić information content (AvgIpc) is 2.99. The van der Waals surface area contributed by atoms with E-state index in [0.717, 1.165) is 22.1 Å². The number of aromatic nitrogens is 4. The zero-order valence-electron chi connectivity index (χ0n) is 13.6. The minimum absolute atomic E-state index is 0.125. The number of pyridine rings is 1. The van der Waals surface area contributed by atoms with Gasteiger partial charge in [0.2, 0.25) is 0 Å². The molecular weight excluding hydrogens is 320 g/mol. The van der Waals surface area contributed by atoms with Gasteiger partial charge in [0.05, 0.1) is 11.8 Å². The van der Waals surface area contributed by atoms with E-state index in [1.54, 1.807) is 19.3 Å². The fourth-order valence-electron chi connectivity index (χ4n) is 2.24. The van der Waals surface area contributed by atoms with E-state index in [2.05, 4.69) is 31.9 Å². The van der Waals surface area contributed by atoms with Gasteiger partial charge in [0.15, 0.2) is 11.0 Å². The molecule has 5 nitrogen and oxygen atoms in total. The first kappa shape index (κ1) is 16.4. The van der Waals surface area contributed by atoms with Crippen LogP contribution in [-0.2, 0) is 11.3 Å². The maximum absolute atomic E-state index is 11.6. The summed E-state index contributed by atoms with van der Waals surface area (Å²) in [6.07, 6.45) is 3.48. The zero-order valence-corrected chi connectivity index (χ0v) is 14.4. The third kappa shape index (κ3) is 3.71. The molecule has 1 aromatic carbocycles. The SMILES string of the molecule is CC(=O)C(C)Sc1nnc(-c2ccncc2)n1Cc1ccccc1. The number of benzene rings is 1. The van der Waals surface area contributed by atoms with Crippen LogP contribution in [0.25, 0.3) is 11.4 Å². The minimum atomic E-state index is -0.158. The van der Waals surface area contributed by atoms with Crippen LogP contribution in [0, 0.1) is 0 Å². The van der Waals surface area contributed by atoms with Crippen molar-refractivity contribution in [2.45, 2.75) is 30.8 Å². The van der Waals surface area contributed by atoms with E-state index in [1.165, 1.54) is 11.8 Å². The van der Waals surface area contributed by atoms with E-state index in [0.29, 0.717) is 6.54 Å². The van der Waals surface area contributed by atoms with Crippen LogP contribution < -0.4 is 0 Å². The number of rotatable bonds is 6. The molecule has 3 aromatic rings. The van der Waals surface area contributed by atoms with E-state index in [9.17, 15) is 4.79 Å². The molecule has 0 saturated heterocycles. The van der Waals surface area contributed by atoms with Gasteiger partial charge in [0, 0.05) is 18.0 Å². The molecule has 0 amide bonds. The second-order valence-electron chi connectivity index (χ2n) is 5.48. The first-order valence-corrected chi connectivity index (χ1v) is 8.57. The standard InChI is InChI=1S/C18H18N4OS/c1-13(23)14(2)24-18-21-20-17(16-8-10-19-11-9-16)22(18)12-15-6-4-3-5-7-15/h3-11,14H,12H2,1-2H3. The molecule has 0 N–H and O–H groups in total. The van der Waals surface area contributed by atoms with Crippen molar-refractivity contribution in [2.24, 2.45) is 0 Å². The van der Waals surface area contributed by atoms with Gasteiger partial charge in [-0.2, -0.15) is 0 Å². The van der Waals surface area contributed by atoms with Gasteiger partial charge in [-0.3, -0.25) is 14.3 Å². The average molecular weight is 338 g/mol. The first-order valence-electron chi connectivity index (χ1n) is 7.70. The fourth-order valence-corrected chi connectivity index (χ4v) is 3.09. The molecule has 0 fully saturated rings. The predicted octanol–water partition coefficient (Wildman–Crippen LogP) is 3.46. The summed E-state index contributed by atoms with van der Waals surface area (Å²) in [5.74, 6) is 0.902. The molecule has 24 heavy (non-hydrogen) atoms. The Balaban J connectivity index is 2.00. The smallest absolute Gasteiger partial charge is 0.192 e. The Kier molecular flexibility index (Phi) is 5.05. The van der Waals surface area contributed by atoms with Crippen molar-refractivity contribution >= 4 is 17.5 Å². The van der Waals surface area contributed by atoms with Crippen LogP contribution in [0.3, 0.4) is 0 Å². The maximum atomic E-state index is 11.6. The van der Waals surface area contributed by atoms with Crippen molar-refractivity contribution in [1.82, 2.24) is 19.7 Å². The van der Waals surface area contributed by atoms with Crippen molar-refractivity contribution in [3.05, 3.63) is 60.4 Å². The van der Waals surface area contributed by atoms with Crippen molar-refractivity contribution in [2.75, 3.05) is 0 Å². The van der Waals surface area contributed by atoms with Crippen LogP contribution in [0.1, 0.15) is 19.4 Å². The maximum Gasteiger partial charge on any atom is 0.192 e. The van der Waals surface area contributed by atoms with E-state index in [-0.39, 0.29) is 11.0 Å². The molecular formula is C18H18N4OS. The molecule has 0 aliphatic carbocycles. The summed E-state index contributed by atoms with van der Waals surface area (Å²) in [6, 6.07) is 14.0. The lowest BCUT2D eigenvalue weighted by molar-refractivity contribution is -0.116. The molecule has 3 rings (SSSR count). The van der Waals surface area contributed by atoms with Crippen molar-refractivity contribution in [1.29, 1.82) is 0 Å². The molecule has 1 unspecified atom stereocenters. The van der Waals surface area contributed by atoms with E-state index in [1.807, 2.05) is 37.3 Å². The summed E-state index contributed by atoms with van der Waals surface area (Å²) >= 11 is 1.44. The normalized spacial score (nSPS) is 12.1. The fraction of sp³-hybridized carbons (Fsp3) is 0.222. The van der Waals surface area contributed by atoms with Crippen LogP contribution in [0.5, 0.6) is 0 Å². The van der Waals surface area contributed by atoms with E-state index < -0.39 is 0 Å². The molecule has 0 spiro atoms. The Hall–Kier alpha value is -2.47. The molecule has 0 radical (unpaired) electrons.